The Hall–Kier alpha value is -1.68. The van der Waals surface area contributed by atoms with Crippen molar-refractivity contribution in [3.05, 3.63) is 36.7 Å². The van der Waals surface area contributed by atoms with Gasteiger partial charge >= 0.3 is 0 Å². The van der Waals surface area contributed by atoms with Gasteiger partial charge in [0.2, 0.25) is 0 Å². The fourth-order valence-electron chi connectivity index (χ4n) is 0.497. The van der Waals surface area contributed by atoms with Gasteiger partial charge in [-0.15, -0.1) is 0 Å². The molecule has 0 aromatic carbocycles. The standard InChI is InChI=1S/C7H7N.C3H6O3/c1-2-7-5-3-4-6-8-7;1-2(4)3(5)6/h2-6H,1H2;2,4H,1H3,(H,5,6)/p-1. The fourth-order valence-corrected chi connectivity index (χ4v) is 0.497. The van der Waals surface area contributed by atoms with Gasteiger partial charge in [0, 0.05) is 6.20 Å². The molecule has 0 saturated carbocycles. The number of aliphatic hydroxyl groups excluding tert-OH is 1. The second-order valence-electron chi connectivity index (χ2n) is 2.45. The summed E-state index contributed by atoms with van der Waals surface area (Å²) >= 11 is 0. The van der Waals surface area contributed by atoms with E-state index in [4.69, 9.17) is 5.11 Å². The van der Waals surface area contributed by atoms with E-state index in [1.165, 1.54) is 0 Å². The zero-order valence-electron chi connectivity index (χ0n) is 7.88. The van der Waals surface area contributed by atoms with E-state index in [2.05, 4.69) is 11.6 Å². The predicted molar refractivity (Wildman–Crippen MR) is 51.0 cm³/mol. The van der Waals surface area contributed by atoms with Crippen molar-refractivity contribution in [1.82, 2.24) is 4.98 Å². The molecule has 1 aromatic heterocycles. The quantitative estimate of drug-likeness (QED) is 0.710. The average Bonchev–Trinajstić information content (AvgIpc) is 2.20. The van der Waals surface area contributed by atoms with Crippen LogP contribution >= 0.6 is 0 Å². The van der Waals surface area contributed by atoms with E-state index in [0.29, 0.717) is 0 Å². The predicted octanol–water partition coefficient (Wildman–Crippen LogP) is -0.158. The summed E-state index contributed by atoms with van der Waals surface area (Å²) < 4.78 is 0. The smallest absolute Gasteiger partial charge is 0.0905 e. The van der Waals surface area contributed by atoms with Crippen LogP contribution in [0.5, 0.6) is 0 Å². The average molecular weight is 194 g/mol. The Bertz CT molecular complexity index is 283. The van der Waals surface area contributed by atoms with Gasteiger partial charge in [-0.1, -0.05) is 12.6 Å². The van der Waals surface area contributed by atoms with Crippen molar-refractivity contribution in [1.29, 1.82) is 0 Å². The van der Waals surface area contributed by atoms with E-state index >= 15 is 0 Å². The van der Waals surface area contributed by atoms with Gasteiger partial charge in [-0.25, -0.2) is 0 Å². The highest BCUT2D eigenvalue weighted by atomic mass is 16.4. The minimum absolute atomic E-state index is 0.924. The molecule has 1 N–H and O–H groups in total. The van der Waals surface area contributed by atoms with Crippen LogP contribution in [0.1, 0.15) is 12.6 Å². The molecule has 0 aliphatic carbocycles. The Morgan fingerprint density at radius 2 is 2.29 bits per heavy atom. The topological polar surface area (TPSA) is 73.2 Å². The third-order valence-electron chi connectivity index (χ3n) is 1.24. The van der Waals surface area contributed by atoms with Crippen LogP contribution < -0.4 is 5.11 Å². The summed E-state index contributed by atoms with van der Waals surface area (Å²) in [6.07, 6.45) is 2.13. The van der Waals surface area contributed by atoms with Crippen LogP contribution in [0.4, 0.5) is 0 Å². The normalized spacial score (nSPS) is 10.7. The molecule has 0 fully saturated rings. The van der Waals surface area contributed by atoms with Gasteiger partial charge in [0.25, 0.3) is 0 Å². The van der Waals surface area contributed by atoms with E-state index < -0.39 is 12.1 Å². The van der Waals surface area contributed by atoms with Gasteiger partial charge in [0.15, 0.2) is 0 Å². The molecule has 4 nitrogen and oxygen atoms in total. The Balaban J connectivity index is 0.000000255. The summed E-state index contributed by atoms with van der Waals surface area (Å²) in [6, 6.07) is 5.73. The molecule has 76 valence electrons. The number of rotatable bonds is 2. The maximum Gasteiger partial charge on any atom is 0.0905 e. The van der Waals surface area contributed by atoms with Crippen molar-refractivity contribution in [3.8, 4) is 0 Å². The zero-order chi connectivity index (χ0) is 11.0. The number of aliphatic hydroxyl groups is 1. The molecule has 1 atom stereocenters. The van der Waals surface area contributed by atoms with Crippen molar-refractivity contribution in [2.75, 3.05) is 0 Å². The van der Waals surface area contributed by atoms with Gasteiger partial charge in [0.05, 0.1) is 17.8 Å². The largest absolute Gasteiger partial charge is 0.547 e. The summed E-state index contributed by atoms with van der Waals surface area (Å²) in [7, 11) is 0. The minimum atomic E-state index is -1.44. The van der Waals surface area contributed by atoms with Crippen molar-refractivity contribution in [2.24, 2.45) is 0 Å². The maximum atomic E-state index is 9.34. The number of hydrogen-bond acceptors (Lipinski definition) is 4. The Morgan fingerprint density at radius 1 is 1.71 bits per heavy atom. The molecule has 1 rings (SSSR count). The molecule has 0 aliphatic rings. The van der Waals surface area contributed by atoms with Crippen molar-refractivity contribution in [2.45, 2.75) is 13.0 Å². The summed E-state index contributed by atoms with van der Waals surface area (Å²) in [4.78, 5) is 13.3. The SMILES string of the molecule is C=Cc1ccccn1.CC(O)C(=O)[O-]. The summed E-state index contributed by atoms with van der Waals surface area (Å²) in [5, 5.41) is 17.3. The maximum absolute atomic E-state index is 9.34. The molecule has 1 unspecified atom stereocenters. The van der Waals surface area contributed by atoms with Crippen molar-refractivity contribution < 1.29 is 15.0 Å². The van der Waals surface area contributed by atoms with Crippen LogP contribution in [0.2, 0.25) is 0 Å². The van der Waals surface area contributed by atoms with Gasteiger partial charge in [0.1, 0.15) is 0 Å². The van der Waals surface area contributed by atoms with Crippen LogP contribution in [0.25, 0.3) is 6.08 Å². The molecule has 1 aromatic rings. The Labute approximate surface area is 82.5 Å². The second kappa shape index (κ2) is 6.80. The number of carbonyl (C=O) groups is 1. The van der Waals surface area contributed by atoms with Crippen molar-refractivity contribution >= 4 is 12.0 Å². The highest BCUT2D eigenvalue weighted by molar-refractivity contribution is 5.68. The molecular weight excluding hydrogens is 182 g/mol. The number of carbonyl (C=O) groups excluding carboxylic acids is 1. The molecular formula is C10H12NO3-. The van der Waals surface area contributed by atoms with Crippen molar-refractivity contribution in [3.63, 3.8) is 0 Å². The monoisotopic (exact) mass is 194 g/mol. The molecule has 0 bridgehead atoms. The molecule has 0 aliphatic heterocycles. The third kappa shape index (κ3) is 5.91. The molecule has 1 heterocycles. The van der Waals surface area contributed by atoms with Crippen LogP contribution in [-0.2, 0) is 4.79 Å². The first kappa shape index (κ1) is 12.3. The molecule has 0 spiro atoms. The number of carboxylic acids is 1. The van der Waals surface area contributed by atoms with Crippen LogP contribution in [-0.4, -0.2) is 22.2 Å². The van der Waals surface area contributed by atoms with Crippen LogP contribution in [0.15, 0.2) is 31.0 Å². The third-order valence-corrected chi connectivity index (χ3v) is 1.24. The summed E-state index contributed by atoms with van der Waals surface area (Å²) in [5.74, 6) is -1.44. The molecule has 0 radical (unpaired) electrons. The minimum Gasteiger partial charge on any atom is -0.547 e. The van der Waals surface area contributed by atoms with E-state index in [1.54, 1.807) is 12.3 Å². The van der Waals surface area contributed by atoms with Crippen LogP contribution in [0, 0.1) is 0 Å². The number of aliphatic carboxylic acids is 1. The zero-order valence-corrected chi connectivity index (χ0v) is 7.88. The molecule has 0 saturated heterocycles. The second-order valence-corrected chi connectivity index (χ2v) is 2.45. The number of pyridine rings is 1. The van der Waals surface area contributed by atoms with E-state index in [1.807, 2.05) is 18.2 Å². The fraction of sp³-hybridized carbons (Fsp3) is 0.200. The summed E-state index contributed by atoms with van der Waals surface area (Å²) in [6.45, 7) is 4.70. The molecule has 14 heavy (non-hydrogen) atoms. The molecule has 4 heteroatoms. The highest BCUT2D eigenvalue weighted by Gasteiger charge is 1.89. The number of nitrogens with zero attached hydrogens (tertiary/aromatic N) is 1. The Morgan fingerprint density at radius 3 is 2.50 bits per heavy atom. The molecule has 0 amide bonds. The first-order valence-electron chi connectivity index (χ1n) is 4.00. The van der Waals surface area contributed by atoms with E-state index in [-0.39, 0.29) is 0 Å². The Kier molecular flexibility index (Phi) is 5.98. The van der Waals surface area contributed by atoms with Crippen LogP contribution in [0.3, 0.4) is 0 Å². The highest BCUT2D eigenvalue weighted by Crippen LogP contribution is 1.91. The number of hydrogen-bond donors (Lipinski definition) is 1. The van der Waals surface area contributed by atoms with E-state index in [0.717, 1.165) is 12.6 Å². The van der Waals surface area contributed by atoms with E-state index in [9.17, 15) is 9.90 Å². The number of aromatic nitrogens is 1. The first-order chi connectivity index (χ1) is 6.57. The van der Waals surface area contributed by atoms with Gasteiger partial charge < -0.3 is 15.0 Å². The lowest BCUT2D eigenvalue weighted by Gasteiger charge is -2.00. The summed E-state index contributed by atoms with van der Waals surface area (Å²) in [5.41, 5.74) is 0.924. The number of carboxylic acid groups (broad SMARTS) is 1. The van der Waals surface area contributed by atoms with Gasteiger partial charge in [-0.05, 0) is 25.1 Å². The first-order valence-corrected chi connectivity index (χ1v) is 4.00. The van der Waals surface area contributed by atoms with Gasteiger partial charge in [-0.3, -0.25) is 4.98 Å². The lowest BCUT2D eigenvalue weighted by molar-refractivity contribution is -0.314. The lowest BCUT2D eigenvalue weighted by Crippen LogP contribution is -2.32. The van der Waals surface area contributed by atoms with Gasteiger partial charge in [-0.2, -0.15) is 0 Å². The lowest BCUT2D eigenvalue weighted by atomic mass is 10.4.